The van der Waals surface area contributed by atoms with Crippen LogP contribution in [0.5, 0.6) is 17.2 Å². The van der Waals surface area contributed by atoms with Gasteiger partial charge in [-0.15, -0.1) is 0 Å². The molecular formula is C15H24O4. The van der Waals surface area contributed by atoms with E-state index in [0.717, 1.165) is 12.8 Å². The van der Waals surface area contributed by atoms with Gasteiger partial charge in [0.25, 0.3) is 0 Å². The molecule has 1 rings (SSSR count). The van der Waals surface area contributed by atoms with Gasteiger partial charge in [-0.05, 0) is 5.92 Å². The molecule has 1 aromatic carbocycles. The van der Waals surface area contributed by atoms with Gasteiger partial charge in [-0.3, -0.25) is 0 Å². The van der Waals surface area contributed by atoms with E-state index < -0.39 is 6.10 Å². The molecule has 0 saturated heterocycles. The van der Waals surface area contributed by atoms with Gasteiger partial charge in [0.2, 0.25) is 0 Å². The highest BCUT2D eigenvalue weighted by Crippen LogP contribution is 2.42. The standard InChI is InChI=1S/C15H24O4/c1-6-10(7-2)15(16)14-12(18-4)8-11(17-3)9-13(14)19-5/h8-10,15-16H,6-7H2,1-5H3. The lowest BCUT2D eigenvalue weighted by Crippen LogP contribution is -2.13. The lowest BCUT2D eigenvalue weighted by Gasteiger charge is -2.24. The van der Waals surface area contributed by atoms with Crippen LogP contribution in [-0.4, -0.2) is 26.4 Å². The van der Waals surface area contributed by atoms with Crippen molar-refractivity contribution in [2.45, 2.75) is 32.8 Å². The molecule has 19 heavy (non-hydrogen) atoms. The summed E-state index contributed by atoms with van der Waals surface area (Å²) < 4.78 is 15.9. The third kappa shape index (κ3) is 3.32. The number of hydrogen-bond donors (Lipinski definition) is 1. The minimum atomic E-state index is -0.606. The molecule has 1 N–H and O–H groups in total. The largest absolute Gasteiger partial charge is 0.496 e. The van der Waals surface area contributed by atoms with Gasteiger partial charge in [0.1, 0.15) is 17.2 Å². The number of aliphatic hydroxyl groups is 1. The van der Waals surface area contributed by atoms with Crippen molar-refractivity contribution < 1.29 is 19.3 Å². The predicted molar refractivity (Wildman–Crippen MR) is 75.1 cm³/mol. The average molecular weight is 268 g/mol. The minimum Gasteiger partial charge on any atom is -0.496 e. The van der Waals surface area contributed by atoms with Crippen LogP contribution in [-0.2, 0) is 0 Å². The highest BCUT2D eigenvalue weighted by molar-refractivity contribution is 5.52. The first-order valence-corrected chi connectivity index (χ1v) is 6.60. The lowest BCUT2D eigenvalue weighted by atomic mass is 9.90. The summed E-state index contributed by atoms with van der Waals surface area (Å²) in [7, 11) is 4.75. The molecule has 0 aliphatic heterocycles. The summed E-state index contributed by atoms with van der Waals surface area (Å²) in [4.78, 5) is 0. The van der Waals surface area contributed by atoms with E-state index in [9.17, 15) is 5.11 Å². The van der Waals surface area contributed by atoms with Gasteiger partial charge >= 0.3 is 0 Å². The smallest absolute Gasteiger partial charge is 0.132 e. The molecule has 0 aromatic heterocycles. The van der Waals surface area contributed by atoms with Gasteiger partial charge in [0.05, 0.1) is 33.0 Å². The molecule has 0 aliphatic carbocycles. The fourth-order valence-corrected chi connectivity index (χ4v) is 2.30. The molecule has 0 spiro atoms. The molecule has 0 radical (unpaired) electrons. The third-order valence-corrected chi connectivity index (χ3v) is 3.54. The normalized spacial score (nSPS) is 12.4. The summed E-state index contributed by atoms with van der Waals surface area (Å²) in [6.45, 7) is 4.14. The summed E-state index contributed by atoms with van der Waals surface area (Å²) in [5, 5.41) is 10.6. The van der Waals surface area contributed by atoms with Crippen LogP contribution in [0.25, 0.3) is 0 Å². The van der Waals surface area contributed by atoms with Gasteiger partial charge in [0.15, 0.2) is 0 Å². The van der Waals surface area contributed by atoms with Crippen LogP contribution >= 0.6 is 0 Å². The number of aliphatic hydroxyl groups excluding tert-OH is 1. The number of hydrogen-bond acceptors (Lipinski definition) is 4. The van der Waals surface area contributed by atoms with Crippen molar-refractivity contribution in [2.24, 2.45) is 5.92 Å². The molecule has 0 fully saturated rings. The van der Waals surface area contributed by atoms with E-state index in [1.54, 1.807) is 33.5 Å². The van der Waals surface area contributed by atoms with Crippen LogP contribution in [0, 0.1) is 5.92 Å². The Hall–Kier alpha value is -1.42. The van der Waals surface area contributed by atoms with Crippen LogP contribution in [0.2, 0.25) is 0 Å². The summed E-state index contributed by atoms with van der Waals surface area (Å²) in [6.07, 6.45) is 1.19. The summed E-state index contributed by atoms with van der Waals surface area (Å²) in [6, 6.07) is 3.53. The minimum absolute atomic E-state index is 0.177. The lowest BCUT2D eigenvalue weighted by molar-refractivity contribution is 0.0974. The second kappa shape index (κ2) is 7.24. The van der Waals surface area contributed by atoms with Crippen LogP contribution in [0.4, 0.5) is 0 Å². The Balaban J connectivity index is 3.30. The van der Waals surface area contributed by atoms with Gasteiger partial charge < -0.3 is 19.3 Å². The second-order valence-electron chi connectivity index (χ2n) is 4.47. The van der Waals surface area contributed by atoms with Crippen LogP contribution in [0.3, 0.4) is 0 Å². The highest BCUT2D eigenvalue weighted by atomic mass is 16.5. The fraction of sp³-hybridized carbons (Fsp3) is 0.600. The Kier molecular flexibility index (Phi) is 5.96. The first-order valence-electron chi connectivity index (χ1n) is 6.60. The quantitative estimate of drug-likeness (QED) is 0.825. The Bertz CT molecular complexity index is 374. The van der Waals surface area contributed by atoms with Crippen molar-refractivity contribution in [1.82, 2.24) is 0 Å². The summed E-state index contributed by atoms with van der Waals surface area (Å²) in [5.41, 5.74) is 0.694. The Labute approximate surface area is 115 Å². The van der Waals surface area contributed by atoms with Crippen molar-refractivity contribution in [1.29, 1.82) is 0 Å². The molecule has 1 unspecified atom stereocenters. The highest BCUT2D eigenvalue weighted by Gasteiger charge is 2.25. The van der Waals surface area contributed by atoms with Crippen molar-refractivity contribution in [3.8, 4) is 17.2 Å². The zero-order chi connectivity index (χ0) is 14.4. The average Bonchev–Trinajstić information content (AvgIpc) is 2.46. The van der Waals surface area contributed by atoms with Crippen LogP contribution in [0.15, 0.2) is 12.1 Å². The molecule has 0 amide bonds. The molecule has 0 saturated carbocycles. The molecule has 0 bridgehead atoms. The molecule has 1 atom stereocenters. The monoisotopic (exact) mass is 268 g/mol. The second-order valence-corrected chi connectivity index (χ2v) is 4.47. The van der Waals surface area contributed by atoms with E-state index in [0.29, 0.717) is 22.8 Å². The zero-order valence-corrected chi connectivity index (χ0v) is 12.4. The summed E-state index contributed by atoms with van der Waals surface area (Å²) in [5.74, 6) is 2.01. The van der Waals surface area contributed by atoms with E-state index in [1.165, 1.54) is 0 Å². The third-order valence-electron chi connectivity index (χ3n) is 3.54. The molecule has 0 heterocycles. The first kappa shape index (κ1) is 15.6. The van der Waals surface area contributed by atoms with Gasteiger partial charge in [-0.25, -0.2) is 0 Å². The Morgan fingerprint density at radius 1 is 0.947 bits per heavy atom. The number of benzene rings is 1. The number of ether oxygens (including phenoxy) is 3. The topological polar surface area (TPSA) is 47.9 Å². The summed E-state index contributed by atoms with van der Waals surface area (Å²) >= 11 is 0. The Morgan fingerprint density at radius 3 is 1.74 bits per heavy atom. The number of methoxy groups -OCH3 is 3. The van der Waals surface area contributed by atoms with E-state index >= 15 is 0 Å². The van der Waals surface area contributed by atoms with E-state index in [1.807, 2.05) is 0 Å². The van der Waals surface area contributed by atoms with Crippen LogP contribution in [0.1, 0.15) is 38.4 Å². The van der Waals surface area contributed by atoms with E-state index in [2.05, 4.69) is 13.8 Å². The Morgan fingerprint density at radius 2 is 1.42 bits per heavy atom. The van der Waals surface area contributed by atoms with Crippen molar-refractivity contribution >= 4 is 0 Å². The molecule has 4 nitrogen and oxygen atoms in total. The van der Waals surface area contributed by atoms with Gasteiger partial charge in [-0.1, -0.05) is 26.7 Å². The van der Waals surface area contributed by atoms with Crippen molar-refractivity contribution in [3.05, 3.63) is 17.7 Å². The predicted octanol–water partition coefficient (Wildman–Crippen LogP) is 3.18. The zero-order valence-electron chi connectivity index (χ0n) is 12.4. The van der Waals surface area contributed by atoms with E-state index in [4.69, 9.17) is 14.2 Å². The van der Waals surface area contributed by atoms with Crippen molar-refractivity contribution in [2.75, 3.05) is 21.3 Å². The maximum Gasteiger partial charge on any atom is 0.132 e. The fourth-order valence-electron chi connectivity index (χ4n) is 2.30. The molecule has 108 valence electrons. The molecular weight excluding hydrogens is 244 g/mol. The molecule has 0 aliphatic rings. The van der Waals surface area contributed by atoms with Gasteiger partial charge in [0, 0.05) is 12.1 Å². The molecule has 1 aromatic rings. The number of rotatable bonds is 7. The van der Waals surface area contributed by atoms with Gasteiger partial charge in [-0.2, -0.15) is 0 Å². The first-order chi connectivity index (χ1) is 9.12. The van der Waals surface area contributed by atoms with Crippen molar-refractivity contribution in [3.63, 3.8) is 0 Å². The maximum atomic E-state index is 10.6. The van der Waals surface area contributed by atoms with Crippen LogP contribution < -0.4 is 14.2 Å². The van der Waals surface area contributed by atoms with E-state index in [-0.39, 0.29) is 5.92 Å². The SMILES string of the molecule is CCC(CC)C(O)c1c(OC)cc(OC)cc1OC. The molecule has 4 heteroatoms. The maximum absolute atomic E-state index is 10.6.